The number of cyclic esters (lactones) is 1. The molecule has 0 aromatic rings. The molecule has 0 aromatic heterocycles. The van der Waals surface area contributed by atoms with Gasteiger partial charge in [-0.25, -0.2) is 4.79 Å². The minimum atomic E-state index is -1.04. The molecular weight excluding hydrogens is 132 g/mol. The number of carbonyl (C=O) groups excluding carboxylic acids is 1. The van der Waals surface area contributed by atoms with E-state index >= 15 is 0 Å². The summed E-state index contributed by atoms with van der Waals surface area (Å²) < 4.78 is 4.61. The fourth-order valence-corrected chi connectivity index (χ4v) is 0.824. The molecule has 0 radical (unpaired) electrons. The number of aliphatic hydroxyl groups excluding tert-OH is 1. The monoisotopic (exact) mass is 142 g/mol. The van der Waals surface area contributed by atoms with Crippen LogP contribution in [0.5, 0.6) is 0 Å². The number of aliphatic hydroxyl groups is 1. The van der Waals surface area contributed by atoms with Crippen LogP contribution in [-0.4, -0.2) is 23.8 Å². The Kier molecular flexibility index (Phi) is 1.52. The van der Waals surface area contributed by atoms with E-state index in [1.807, 2.05) is 0 Å². The van der Waals surface area contributed by atoms with E-state index in [-0.39, 0.29) is 6.61 Å². The van der Waals surface area contributed by atoms with Gasteiger partial charge < -0.3 is 9.84 Å². The molecule has 0 saturated carbocycles. The summed E-state index contributed by atoms with van der Waals surface area (Å²) in [6.07, 6.45) is 0.507. The van der Waals surface area contributed by atoms with E-state index in [4.69, 9.17) is 0 Å². The molecule has 1 aliphatic rings. The van der Waals surface area contributed by atoms with Crippen molar-refractivity contribution in [3.63, 3.8) is 0 Å². The molecule has 1 N–H and O–H groups in total. The third kappa shape index (κ3) is 0.827. The minimum Gasteiger partial charge on any atom is -0.463 e. The standard InChI is InChI=1S/C7H10O3/c1-3-7(2)4-10-6(9)5(7)8/h3,5,8H,1,4H2,2H3/t5-,7+/m1/s1. The molecule has 2 atom stereocenters. The second-order valence-electron chi connectivity index (χ2n) is 2.72. The molecule has 1 rings (SSSR count). The number of ether oxygens (including phenoxy) is 1. The van der Waals surface area contributed by atoms with Gasteiger partial charge in [0.15, 0.2) is 6.10 Å². The Bertz CT molecular complexity index is 176. The van der Waals surface area contributed by atoms with Gasteiger partial charge in [0.05, 0.1) is 5.41 Å². The predicted octanol–water partition coefficient (Wildman–Crippen LogP) is 0.0964. The van der Waals surface area contributed by atoms with Crippen LogP contribution in [0.25, 0.3) is 0 Å². The topological polar surface area (TPSA) is 46.5 Å². The maximum Gasteiger partial charge on any atom is 0.336 e. The van der Waals surface area contributed by atoms with E-state index < -0.39 is 17.5 Å². The van der Waals surface area contributed by atoms with E-state index in [0.29, 0.717) is 0 Å². The quantitative estimate of drug-likeness (QED) is 0.417. The maximum absolute atomic E-state index is 10.6. The lowest BCUT2D eigenvalue weighted by Gasteiger charge is -2.17. The lowest BCUT2D eigenvalue weighted by Crippen LogP contribution is -2.30. The Morgan fingerprint density at radius 2 is 2.60 bits per heavy atom. The number of hydrogen-bond donors (Lipinski definition) is 1. The lowest BCUT2D eigenvalue weighted by atomic mass is 9.88. The first-order chi connectivity index (χ1) is 4.60. The van der Waals surface area contributed by atoms with E-state index in [0.717, 1.165) is 0 Å². The summed E-state index contributed by atoms with van der Waals surface area (Å²) in [6.45, 7) is 5.47. The molecule has 1 aliphatic heterocycles. The highest BCUT2D eigenvalue weighted by molar-refractivity contribution is 5.78. The van der Waals surface area contributed by atoms with Crippen LogP contribution in [0.4, 0.5) is 0 Å². The zero-order chi connectivity index (χ0) is 7.78. The second-order valence-corrected chi connectivity index (χ2v) is 2.72. The first-order valence-corrected chi connectivity index (χ1v) is 3.08. The van der Waals surface area contributed by atoms with Crippen LogP contribution in [0.1, 0.15) is 6.92 Å². The second kappa shape index (κ2) is 2.09. The van der Waals surface area contributed by atoms with Crippen molar-refractivity contribution in [3.8, 4) is 0 Å². The first-order valence-electron chi connectivity index (χ1n) is 3.08. The van der Waals surface area contributed by atoms with Crippen LogP contribution in [0.15, 0.2) is 12.7 Å². The lowest BCUT2D eigenvalue weighted by molar-refractivity contribution is -0.144. The zero-order valence-corrected chi connectivity index (χ0v) is 5.83. The highest BCUT2D eigenvalue weighted by atomic mass is 16.6. The van der Waals surface area contributed by atoms with Crippen molar-refractivity contribution in [2.45, 2.75) is 13.0 Å². The highest BCUT2D eigenvalue weighted by Gasteiger charge is 2.43. The molecule has 0 amide bonds. The smallest absolute Gasteiger partial charge is 0.336 e. The van der Waals surface area contributed by atoms with Gasteiger partial charge in [0.25, 0.3) is 0 Å². The summed E-state index contributed by atoms with van der Waals surface area (Å²) in [7, 11) is 0. The molecule has 1 fully saturated rings. The van der Waals surface area contributed by atoms with Crippen molar-refractivity contribution < 1.29 is 14.6 Å². The van der Waals surface area contributed by atoms with Crippen LogP contribution in [0.3, 0.4) is 0 Å². The molecular formula is C7H10O3. The number of hydrogen-bond acceptors (Lipinski definition) is 3. The average Bonchev–Trinajstić information content (AvgIpc) is 2.19. The largest absolute Gasteiger partial charge is 0.463 e. The molecule has 0 unspecified atom stereocenters. The summed E-state index contributed by atoms with van der Waals surface area (Å²) in [5, 5.41) is 9.17. The maximum atomic E-state index is 10.6. The van der Waals surface area contributed by atoms with Crippen molar-refractivity contribution in [2.24, 2.45) is 5.41 Å². The molecule has 1 heterocycles. The molecule has 1 saturated heterocycles. The summed E-state index contributed by atoms with van der Waals surface area (Å²) in [4.78, 5) is 10.6. The van der Waals surface area contributed by atoms with E-state index in [9.17, 15) is 9.90 Å². The normalized spacial score (nSPS) is 39.4. The molecule has 0 bridgehead atoms. The Labute approximate surface area is 59.3 Å². The molecule has 0 aromatic carbocycles. The van der Waals surface area contributed by atoms with E-state index in [1.165, 1.54) is 0 Å². The van der Waals surface area contributed by atoms with E-state index in [2.05, 4.69) is 11.3 Å². The van der Waals surface area contributed by atoms with Gasteiger partial charge >= 0.3 is 5.97 Å². The van der Waals surface area contributed by atoms with Crippen molar-refractivity contribution in [1.29, 1.82) is 0 Å². The minimum absolute atomic E-state index is 0.233. The molecule has 3 nitrogen and oxygen atoms in total. The summed E-state index contributed by atoms with van der Waals surface area (Å²) >= 11 is 0. The van der Waals surface area contributed by atoms with Crippen LogP contribution in [0.2, 0.25) is 0 Å². The Hall–Kier alpha value is -0.830. The third-order valence-corrected chi connectivity index (χ3v) is 1.84. The highest BCUT2D eigenvalue weighted by Crippen LogP contribution is 2.29. The van der Waals surface area contributed by atoms with Crippen LogP contribution < -0.4 is 0 Å². The SMILES string of the molecule is C=C[C@@]1(C)COC(=O)[C@H]1O. The average molecular weight is 142 g/mol. The van der Waals surface area contributed by atoms with Gasteiger partial charge in [-0.15, -0.1) is 6.58 Å². The molecule has 0 spiro atoms. The zero-order valence-electron chi connectivity index (χ0n) is 5.83. The van der Waals surface area contributed by atoms with Gasteiger partial charge in [-0.05, 0) is 6.92 Å². The third-order valence-electron chi connectivity index (χ3n) is 1.84. The molecule has 3 heteroatoms. The fraction of sp³-hybridized carbons (Fsp3) is 0.571. The number of rotatable bonds is 1. The van der Waals surface area contributed by atoms with Crippen LogP contribution >= 0.6 is 0 Å². The Morgan fingerprint density at radius 1 is 2.00 bits per heavy atom. The summed E-state index contributed by atoms with van der Waals surface area (Å²) in [5.41, 5.74) is -0.586. The predicted molar refractivity (Wildman–Crippen MR) is 35.3 cm³/mol. The summed E-state index contributed by atoms with van der Waals surface area (Å²) in [5.74, 6) is -0.553. The molecule has 10 heavy (non-hydrogen) atoms. The van der Waals surface area contributed by atoms with Gasteiger partial charge in [0.1, 0.15) is 6.61 Å². The summed E-state index contributed by atoms with van der Waals surface area (Å²) in [6, 6.07) is 0. The van der Waals surface area contributed by atoms with Crippen molar-refractivity contribution >= 4 is 5.97 Å². The van der Waals surface area contributed by atoms with Crippen molar-refractivity contribution in [2.75, 3.05) is 6.61 Å². The molecule has 56 valence electrons. The van der Waals surface area contributed by atoms with Gasteiger partial charge in [-0.1, -0.05) is 6.08 Å². The molecule has 0 aliphatic carbocycles. The van der Waals surface area contributed by atoms with Gasteiger partial charge in [0.2, 0.25) is 0 Å². The van der Waals surface area contributed by atoms with E-state index in [1.54, 1.807) is 13.0 Å². The van der Waals surface area contributed by atoms with Gasteiger partial charge in [-0.2, -0.15) is 0 Å². The Balaban J connectivity index is 2.82. The number of carbonyl (C=O) groups is 1. The Morgan fingerprint density at radius 3 is 2.80 bits per heavy atom. The van der Waals surface area contributed by atoms with Crippen LogP contribution in [0, 0.1) is 5.41 Å². The number of esters is 1. The fourth-order valence-electron chi connectivity index (χ4n) is 0.824. The van der Waals surface area contributed by atoms with Gasteiger partial charge in [-0.3, -0.25) is 0 Å². The van der Waals surface area contributed by atoms with Crippen molar-refractivity contribution in [3.05, 3.63) is 12.7 Å². The van der Waals surface area contributed by atoms with Crippen LogP contribution in [-0.2, 0) is 9.53 Å². The first kappa shape index (κ1) is 7.28. The van der Waals surface area contributed by atoms with Crippen molar-refractivity contribution in [1.82, 2.24) is 0 Å². The van der Waals surface area contributed by atoms with Gasteiger partial charge in [0, 0.05) is 0 Å².